The first kappa shape index (κ1) is 15.6. The highest BCUT2D eigenvalue weighted by molar-refractivity contribution is 5.76. The molecule has 23 heavy (non-hydrogen) atoms. The summed E-state index contributed by atoms with van der Waals surface area (Å²) in [5.74, 6) is 0.598. The van der Waals surface area contributed by atoms with Crippen molar-refractivity contribution in [3.8, 4) is 11.4 Å². The summed E-state index contributed by atoms with van der Waals surface area (Å²) in [7, 11) is 0. The molecule has 1 aliphatic rings. The quantitative estimate of drug-likeness (QED) is 0.859. The molecule has 0 radical (unpaired) electrons. The van der Waals surface area contributed by atoms with E-state index >= 15 is 0 Å². The molecule has 1 saturated heterocycles. The Labute approximate surface area is 135 Å². The average molecular weight is 314 g/mol. The first-order chi connectivity index (χ1) is 11.3. The number of nitrogens with one attached hydrogen (secondary N) is 1. The number of aromatic nitrogens is 4. The Morgan fingerprint density at radius 1 is 1.39 bits per heavy atom. The highest BCUT2D eigenvalue weighted by Crippen LogP contribution is 2.13. The van der Waals surface area contributed by atoms with Gasteiger partial charge in [0.1, 0.15) is 6.54 Å². The van der Waals surface area contributed by atoms with Crippen molar-refractivity contribution >= 4 is 5.91 Å². The molecule has 1 unspecified atom stereocenters. The predicted molar refractivity (Wildman–Crippen MR) is 86.5 cm³/mol. The van der Waals surface area contributed by atoms with Crippen molar-refractivity contribution in [3.63, 3.8) is 0 Å². The monoisotopic (exact) mass is 314 g/mol. The van der Waals surface area contributed by atoms with Crippen molar-refractivity contribution in [1.29, 1.82) is 0 Å². The molecular formula is C16H22N6O. The van der Waals surface area contributed by atoms with Crippen LogP contribution in [0, 0.1) is 0 Å². The molecular weight excluding hydrogens is 292 g/mol. The van der Waals surface area contributed by atoms with Crippen LogP contribution in [0.2, 0.25) is 0 Å². The molecule has 1 N–H and O–H groups in total. The van der Waals surface area contributed by atoms with Crippen LogP contribution in [0.5, 0.6) is 0 Å². The van der Waals surface area contributed by atoms with Crippen LogP contribution in [-0.2, 0) is 11.3 Å². The zero-order chi connectivity index (χ0) is 16.1. The predicted octanol–water partition coefficient (Wildman–Crippen LogP) is 0.941. The van der Waals surface area contributed by atoms with Gasteiger partial charge in [0.25, 0.3) is 0 Å². The summed E-state index contributed by atoms with van der Waals surface area (Å²) in [6, 6.07) is 9.93. The first-order valence-corrected chi connectivity index (χ1v) is 8.11. The Balaban J connectivity index is 1.68. The molecule has 0 aliphatic carbocycles. The summed E-state index contributed by atoms with van der Waals surface area (Å²) in [4.78, 5) is 15.9. The van der Waals surface area contributed by atoms with Crippen LogP contribution in [0.3, 0.4) is 0 Å². The molecule has 1 aromatic heterocycles. The highest BCUT2D eigenvalue weighted by Gasteiger charge is 2.26. The van der Waals surface area contributed by atoms with Gasteiger partial charge in [0.15, 0.2) is 0 Å². The van der Waals surface area contributed by atoms with Crippen LogP contribution in [0.25, 0.3) is 11.4 Å². The third kappa shape index (κ3) is 3.73. The number of amides is 1. The zero-order valence-electron chi connectivity index (χ0n) is 13.4. The van der Waals surface area contributed by atoms with E-state index in [0.717, 1.165) is 38.0 Å². The largest absolute Gasteiger partial charge is 0.337 e. The van der Waals surface area contributed by atoms with Gasteiger partial charge >= 0.3 is 0 Å². The van der Waals surface area contributed by atoms with Gasteiger partial charge in [0.2, 0.25) is 11.7 Å². The molecule has 1 amide bonds. The molecule has 3 rings (SSSR count). The van der Waals surface area contributed by atoms with E-state index in [1.54, 1.807) is 0 Å². The minimum atomic E-state index is 0.0533. The Morgan fingerprint density at radius 3 is 2.91 bits per heavy atom. The third-order valence-electron chi connectivity index (χ3n) is 4.02. The maximum Gasteiger partial charge on any atom is 0.246 e. The Bertz CT molecular complexity index is 635. The Kier molecular flexibility index (Phi) is 4.97. The van der Waals surface area contributed by atoms with Gasteiger partial charge in [0, 0.05) is 24.7 Å². The summed E-state index contributed by atoms with van der Waals surface area (Å²) in [5, 5.41) is 15.7. The van der Waals surface area contributed by atoms with E-state index in [1.165, 1.54) is 4.80 Å². The van der Waals surface area contributed by atoms with Gasteiger partial charge < -0.3 is 10.2 Å². The number of tetrazole rings is 1. The molecule has 1 aliphatic heterocycles. The molecule has 0 bridgehead atoms. The average Bonchev–Trinajstić information content (AvgIpc) is 3.25. The molecule has 2 aromatic rings. The summed E-state index contributed by atoms with van der Waals surface area (Å²) >= 11 is 0. The van der Waals surface area contributed by atoms with Crippen LogP contribution in [-0.4, -0.2) is 56.7 Å². The number of carbonyl (C=O) groups excluding carboxylic acids is 1. The first-order valence-electron chi connectivity index (χ1n) is 8.11. The van der Waals surface area contributed by atoms with E-state index in [-0.39, 0.29) is 18.5 Å². The summed E-state index contributed by atoms with van der Waals surface area (Å²) in [6.45, 7) is 4.83. The molecule has 122 valence electrons. The molecule has 1 fully saturated rings. The zero-order valence-corrected chi connectivity index (χ0v) is 13.4. The molecule has 2 heterocycles. The van der Waals surface area contributed by atoms with E-state index in [9.17, 15) is 4.79 Å². The van der Waals surface area contributed by atoms with Gasteiger partial charge in [-0.3, -0.25) is 4.79 Å². The van der Waals surface area contributed by atoms with Gasteiger partial charge in [-0.15, -0.1) is 10.2 Å². The molecule has 7 heteroatoms. The van der Waals surface area contributed by atoms with E-state index in [1.807, 2.05) is 35.2 Å². The fourth-order valence-corrected chi connectivity index (χ4v) is 2.88. The van der Waals surface area contributed by atoms with Gasteiger partial charge in [0.05, 0.1) is 0 Å². The van der Waals surface area contributed by atoms with Gasteiger partial charge in [-0.2, -0.15) is 4.80 Å². The number of rotatable bonds is 6. The second kappa shape index (κ2) is 7.32. The summed E-state index contributed by atoms with van der Waals surface area (Å²) < 4.78 is 0. The van der Waals surface area contributed by atoms with Crippen LogP contribution in [0.4, 0.5) is 0 Å². The second-order valence-corrected chi connectivity index (χ2v) is 5.74. The Morgan fingerprint density at radius 2 is 2.22 bits per heavy atom. The van der Waals surface area contributed by atoms with E-state index < -0.39 is 0 Å². The smallest absolute Gasteiger partial charge is 0.246 e. The number of carbonyl (C=O) groups is 1. The maximum atomic E-state index is 12.6. The second-order valence-electron chi connectivity index (χ2n) is 5.74. The maximum absolute atomic E-state index is 12.6. The van der Waals surface area contributed by atoms with Crippen molar-refractivity contribution in [1.82, 2.24) is 30.4 Å². The fraction of sp³-hybridized carbons (Fsp3) is 0.500. The van der Waals surface area contributed by atoms with Crippen molar-refractivity contribution in [2.24, 2.45) is 0 Å². The van der Waals surface area contributed by atoms with E-state index in [2.05, 4.69) is 27.7 Å². The minimum absolute atomic E-state index is 0.0533. The number of hydrogen-bond donors (Lipinski definition) is 1. The van der Waals surface area contributed by atoms with Crippen LogP contribution in [0.15, 0.2) is 30.3 Å². The SMILES string of the molecule is CCCN(C(=O)Cn1nnc(-c2ccccc2)n1)C1CCNC1. The number of benzene rings is 1. The Hall–Kier alpha value is -2.28. The van der Waals surface area contributed by atoms with Gasteiger partial charge in [-0.25, -0.2) is 0 Å². The van der Waals surface area contributed by atoms with Crippen LogP contribution in [0.1, 0.15) is 19.8 Å². The topological polar surface area (TPSA) is 75.9 Å². The molecule has 7 nitrogen and oxygen atoms in total. The lowest BCUT2D eigenvalue weighted by Crippen LogP contribution is -2.43. The van der Waals surface area contributed by atoms with Crippen molar-refractivity contribution in [2.75, 3.05) is 19.6 Å². The standard InChI is InChI=1S/C16H22N6O/c1-2-10-21(14-8-9-17-11-14)15(23)12-22-19-16(18-20-22)13-6-4-3-5-7-13/h3-7,14,17H,2,8-12H2,1H3. The minimum Gasteiger partial charge on any atom is -0.337 e. The van der Waals surface area contributed by atoms with Crippen molar-refractivity contribution < 1.29 is 4.79 Å². The van der Waals surface area contributed by atoms with Crippen molar-refractivity contribution in [2.45, 2.75) is 32.4 Å². The van der Waals surface area contributed by atoms with E-state index in [0.29, 0.717) is 5.82 Å². The lowest BCUT2D eigenvalue weighted by Gasteiger charge is -2.27. The summed E-state index contributed by atoms with van der Waals surface area (Å²) in [6.07, 6.45) is 1.95. The summed E-state index contributed by atoms with van der Waals surface area (Å²) in [5.41, 5.74) is 0.900. The van der Waals surface area contributed by atoms with Crippen LogP contribution >= 0.6 is 0 Å². The number of nitrogens with zero attached hydrogens (tertiary/aromatic N) is 5. The normalized spacial score (nSPS) is 17.3. The van der Waals surface area contributed by atoms with E-state index in [4.69, 9.17) is 0 Å². The molecule has 1 aromatic carbocycles. The third-order valence-corrected chi connectivity index (χ3v) is 4.02. The molecule has 1 atom stereocenters. The van der Waals surface area contributed by atoms with Gasteiger partial charge in [-0.05, 0) is 24.6 Å². The highest BCUT2D eigenvalue weighted by atomic mass is 16.2. The fourth-order valence-electron chi connectivity index (χ4n) is 2.88. The van der Waals surface area contributed by atoms with Gasteiger partial charge in [-0.1, -0.05) is 37.3 Å². The lowest BCUT2D eigenvalue weighted by atomic mass is 10.2. The molecule has 0 spiro atoms. The van der Waals surface area contributed by atoms with Crippen molar-refractivity contribution in [3.05, 3.63) is 30.3 Å². The molecule has 0 saturated carbocycles. The van der Waals surface area contributed by atoms with Crippen LogP contribution < -0.4 is 5.32 Å². The number of hydrogen-bond acceptors (Lipinski definition) is 5. The lowest BCUT2D eigenvalue weighted by molar-refractivity contribution is -0.134.